The number of amides is 1. The van der Waals surface area contributed by atoms with Gasteiger partial charge in [0.15, 0.2) is 5.13 Å². The number of aromatic nitrogens is 1. The molecule has 1 saturated heterocycles. The molecular weight excluding hydrogens is 358 g/mol. The quantitative estimate of drug-likeness (QED) is 0.883. The molecule has 0 atom stereocenters. The number of anilines is 1. The predicted octanol–water partition coefficient (Wildman–Crippen LogP) is 3.03. The summed E-state index contributed by atoms with van der Waals surface area (Å²) in [6.07, 6.45) is 2.29. The van der Waals surface area contributed by atoms with Crippen molar-refractivity contribution in [1.29, 1.82) is 0 Å². The first-order valence-corrected chi connectivity index (χ1v) is 11.1. The fourth-order valence-electron chi connectivity index (χ4n) is 3.01. The van der Waals surface area contributed by atoms with Gasteiger partial charge in [0.1, 0.15) is 0 Å². The van der Waals surface area contributed by atoms with Crippen LogP contribution in [0.5, 0.6) is 0 Å². The highest BCUT2D eigenvalue weighted by Gasteiger charge is 2.29. The molecule has 1 aliphatic rings. The van der Waals surface area contributed by atoms with Crippen LogP contribution in [0.15, 0.2) is 18.2 Å². The molecule has 0 aliphatic carbocycles. The summed E-state index contributed by atoms with van der Waals surface area (Å²) >= 11 is 1.48. The van der Waals surface area contributed by atoms with Crippen LogP contribution < -0.4 is 5.32 Å². The van der Waals surface area contributed by atoms with Crippen molar-refractivity contribution in [3.05, 3.63) is 23.8 Å². The van der Waals surface area contributed by atoms with Crippen LogP contribution >= 0.6 is 11.3 Å². The van der Waals surface area contributed by atoms with Gasteiger partial charge in [-0.25, -0.2) is 17.7 Å². The van der Waals surface area contributed by atoms with Crippen LogP contribution in [0.25, 0.3) is 10.2 Å². The monoisotopic (exact) mass is 381 g/mol. The Bertz CT molecular complexity index is 882. The number of sulfonamides is 1. The summed E-state index contributed by atoms with van der Waals surface area (Å²) in [5.41, 5.74) is 2.14. The minimum absolute atomic E-state index is 0.0729. The lowest BCUT2D eigenvalue weighted by Crippen LogP contribution is -2.40. The SMILES string of the molecule is CC(C)c1ccc2nc(NC(=O)C3CCN(S(C)(=O)=O)CC3)sc2c1. The maximum absolute atomic E-state index is 12.5. The number of carbonyl (C=O) groups excluding carboxylic acids is 1. The zero-order valence-corrected chi connectivity index (χ0v) is 16.3. The van der Waals surface area contributed by atoms with Crippen molar-refractivity contribution < 1.29 is 13.2 Å². The Morgan fingerprint density at radius 1 is 1.32 bits per heavy atom. The van der Waals surface area contributed by atoms with Gasteiger partial charge in [0, 0.05) is 19.0 Å². The second-order valence-corrected chi connectivity index (χ2v) is 9.84. The van der Waals surface area contributed by atoms with Crippen LogP contribution in [0, 0.1) is 5.92 Å². The average molecular weight is 382 g/mol. The van der Waals surface area contributed by atoms with Crippen molar-refractivity contribution in [1.82, 2.24) is 9.29 Å². The van der Waals surface area contributed by atoms with Gasteiger partial charge in [-0.05, 0) is 36.5 Å². The van der Waals surface area contributed by atoms with E-state index in [-0.39, 0.29) is 11.8 Å². The van der Waals surface area contributed by atoms with E-state index in [0.717, 1.165) is 10.2 Å². The van der Waals surface area contributed by atoms with Gasteiger partial charge in [-0.15, -0.1) is 0 Å². The van der Waals surface area contributed by atoms with Gasteiger partial charge in [0.25, 0.3) is 0 Å². The number of rotatable bonds is 4. The van der Waals surface area contributed by atoms with Crippen molar-refractivity contribution in [2.24, 2.45) is 5.92 Å². The molecule has 6 nitrogen and oxygen atoms in total. The fraction of sp³-hybridized carbons (Fsp3) is 0.529. The lowest BCUT2D eigenvalue weighted by molar-refractivity contribution is -0.120. The standard InChI is InChI=1S/C17H23N3O3S2/c1-11(2)13-4-5-14-15(10-13)24-17(18-14)19-16(21)12-6-8-20(9-7-12)25(3,22)23/h4-5,10-12H,6-9H2,1-3H3,(H,18,19,21). The molecule has 25 heavy (non-hydrogen) atoms. The Morgan fingerprint density at radius 2 is 2.00 bits per heavy atom. The fourth-order valence-corrected chi connectivity index (χ4v) is 4.80. The van der Waals surface area contributed by atoms with E-state index in [0.29, 0.717) is 37.0 Å². The Kier molecular flexibility index (Phi) is 5.13. The summed E-state index contributed by atoms with van der Waals surface area (Å²) in [5, 5.41) is 3.51. The average Bonchev–Trinajstić information content (AvgIpc) is 2.95. The zero-order valence-electron chi connectivity index (χ0n) is 14.7. The van der Waals surface area contributed by atoms with Gasteiger partial charge in [-0.3, -0.25) is 4.79 Å². The minimum atomic E-state index is -3.17. The summed E-state index contributed by atoms with van der Waals surface area (Å²) in [7, 11) is -3.17. The summed E-state index contributed by atoms with van der Waals surface area (Å²) < 4.78 is 25.6. The van der Waals surface area contributed by atoms with E-state index >= 15 is 0 Å². The van der Waals surface area contributed by atoms with E-state index in [1.807, 2.05) is 6.07 Å². The van der Waals surface area contributed by atoms with E-state index < -0.39 is 10.0 Å². The van der Waals surface area contributed by atoms with Crippen molar-refractivity contribution >= 4 is 42.6 Å². The molecule has 1 N–H and O–H groups in total. The van der Waals surface area contributed by atoms with Crippen LogP contribution in [0.2, 0.25) is 0 Å². The third-order valence-electron chi connectivity index (χ3n) is 4.60. The van der Waals surface area contributed by atoms with Crippen LogP contribution in [-0.4, -0.2) is 43.0 Å². The number of hydrogen-bond acceptors (Lipinski definition) is 5. The first-order chi connectivity index (χ1) is 11.7. The van der Waals surface area contributed by atoms with Gasteiger partial charge in [0.2, 0.25) is 15.9 Å². The van der Waals surface area contributed by atoms with Crippen LogP contribution in [0.4, 0.5) is 5.13 Å². The Morgan fingerprint density at radius 3 is 2.60 bits per heavy atom. The topological polar surface area (TPSA) is 79.4 Å². The minimum Gasteiger partial charge on any atom is -0.302 e. The Hall–Kier alpha value is -1.51. The molecule has 2 heterocycles. The number of piperidine rings is 1. The summed E-state index contributed by atoms with van der Waals surface area (Å²) in [5.74, 6) is 0.206. The summed E-state index contributed by atoms with van der Waals surface area (Å²) in [6.45, 7) is 5.09. The Balaban J connectivity index is 1.66. The van der Waals surface area contributed by atoms with Crippen LogP contribution in [0.1, 0.15) is 38.2 Å². The second kappa shape index (κ2) is 7.01. The molecule has 1 amide bonds. The first-order valence-electron chi connectivity index (χ1n) is 8.40. The number of nitrogens with zero attached hydrogens (tertiary/aromatic N) is 2. The summed E-state index contributed by atoms with van der Waals surface area (Å²) in [4.78, 5) is 16.9. The molecule has 1 aromatic heterocycles. The highest BCUT2D eigenvalue weighted by Crippen LogP contribution is 2.30. The predicted molar refractivity (Wildman–Crippen MR) is 101 cm³/mol. The number of carbonyl (C=O) groups is 1. The second-order valence-electron chi connectivity index (χ2n) is 6.83. The van der Waals surface area contributed by atoms with Gasteiger partial charge in [-0.2, -0.15) is 0 Å². The number of nitrogens with one attached hydrogen (secondary N) is 1. The van der Waals surface area contributed by atoms with Crippen LogP contribution in [0.3, 0.4) is 0 Å². The van der Waals surface area contributed by atoms with Gasteiger partial charge < -0.3 is 5.32 Å². The van der Waals surface area contributed by atoms with E-state index in [1.165, 1.54) is 27.5 Å². The van der Waals surface area contributed by atoms with Crippen molar-refractivity contribution in [2.75, 3.05) is 24.7 Å². The highest BCUT2D eigenvalue weighted by molar-refractivity contribution is 7.88. The first kappa shape index (κ1) is 18.3. The lowest BCUT2D eigenvalue weighted by Gasteiger charge is -2.29. The van der Waals surface area contributed by atoms with Gasteiger partial charge >= 0.3 is 0 Å². The van der Waals surface area contributed by atoms with Gasteiger partial charge in [-0.1, -0.05) is 31.3 Å². The molecule has 1 aliphatic heterocycles. The molecule has 0 radical (unpaired) electrons. The Labute approximate surface area is 152 Å². The molecule has 0 saturated carbocycles. The van der Waals surface area contributed by atoms with Crippen molar-refractivity contribution in [2.45, 2.75) is 32.6 Å². The number of benzene rings is 1. The van der Waals surface area contributed by atoms with E-state index in [4.69, 9.17) is 0 Å². The maximum Gasteiger partial charge on any atom is 0.229 e. The third-order valence-corrected chi connectivity index (χ3v) is 6.84. The largest absolute Gasteiger partial charge is 0.302 e. The summed E-state index contributed by atoms with van der Waals surface area (Å²) in [6, 6.07) is 6.18. The van der Waals surface area contributed by atoms with Crippen molar-refractivity contribution in [3.63, 3.8) is 0 Å². The molecule has 0 bridgehead atoms. The maximum atomic E-state index is 12.5. The number of fused-ring (bicyclic) bond motifs is 1. The molecule has 2 aromatic rings. The molecule has 1 aromatic carbocycles. The normalized spacial score (nSPS) is 17.3. The molecule has 8 heteroatoms. The van der Waals surface area contributed by atoms with Gasteiger partial charge in [0.05, 0.1) is 16.5 Å². The van der Waals surface area contributed by atoms with E-state index in [9.17, 15) is 13.2 Å². The molecule has 1 fully saturated rings. The molecular formula is C17H23N3O3S2. The third kappa shape index (κ3) is 4.19. The highest BCUT2D eigenvalue weighted by atomic mass is 32.2. The number of hydrogen-bond donors (Lipinski definition) is 1. The smallest absolute Gasteiger partial charge is 0.229 e. The molecule has 136 valence electrons. The van der Waals surface area contributed by atoms with E-state index in [2.05, 4.69) is 36.3 Å². The van der Waals surface area contributed by atoms with E-state index in [1.54, 1.807) is 0 Å². The van der Waals surface area contributed by atoms with Crippen LogP contribution in [-0.2, 0) is 14.8 Å². The molecule has 0 unspecified atom stereocenters. The lowest BCUT2D eigenvalue weighted by atomic mass is 9.97. The zero-order chi connectivity index (χ0) is 18.2. The molecule has 3 rings (SSSR count). The number of thiazole rings is 1. The molecule has 0 spiro atoms. The van der Waals surface area contributed by atoms with Crippen molar-refractivity contribution in [3.8, 4) is 0 Å².